The molecule has 5 aromatic rings. The molecule has 1 atom stereocenters. The molecule has 0 amide bonds. The second-order valence-corrected chi connectivity index (χ2v) is 9.40. The summed E-state index contributed by atoms with van der Waals surface area (Å²) in [6, 6.07) is 12.8. The molecular formula is C26H25N7. The van der Waals surface area contributed by atoms with E-state index in [4.69, 9.17) is 15.7 Å². The van der Waals surface area contributed by atoms with Gasteiger partial charge in [-0.3, -0.25) is 9.38 Å². The molecule has 1 aromatic carbocycles. The Morgan fingerprint density at radius 3 is 2.67 bits per heavy atom. The molecule has 33 heavy (non-hydrogen) atoms. The first-order valence-electron chi connectivity index (χ1n) is 11.6. The molecule has 1 fully saturated rings. The van der Waals surface area contributed by atoms with Crippen molar-refractivity contribution in [3.8, 4) is 11.1 Å². The largest absolute Gasteiger partial charge is 0.345 e. The average molecular weight is 436 g/mol. The second-order valence-electron chi connectivity index (χ2n) is 9.40. The molecule has 1 spiro atoms. The number of fused-ring (bicyclic) bond motifs is 4. The van der Waals surface area contributed by atoms with Gasteiger partial charge >= 0.3 is 0 Å². The summed E-state index contributed by atoms with van der Waals surface area (Å²) >= 11 is 0. The third-order valence-corrected chi connectivity index (χ3v) is 7.78. The zero-order valence-corrected chi connectivity index (χ0v) is 18.3. The Morgan fingerprint density at radius 1 is 1.03 bits per heavy atom. The first-order valence-corrected chi connectivity index (χ1v) is 11.6. The lowest BCUT2D eigenvalue weighted by atomic mass is 9.73. The number of hydrogen-bond acceptors (Lipinski definition) is 5. The number of benzene rings is 1. The van der Waals surface area contributed by atoms with E-state index in [2.05, 4.69) is 43.5 Å². The number of aromatic amines is 1. The number of H-pyrrole nitrogens is 1. The summed E-state index contributed by atoms with van der Waals surface area (Å²) in [7, 11) is 0. The van der Waals surface area contributed by atoms with Gasteiger partial charge in [-0.15, -0.1) is 0 Å². The molecule has 1 aliphatic carbocycles. The maximum Gasteiger partial charge on any atom is 0.213 e. The Kier molecular flexibility index (Phi) is 3.93. The molecule has 0 radical (unpaired) electrons. The fourth-order valence-corrected chi connectivity index (χ4v) is 5.97. The molecule has 3 N–H and O–H groups in total. The number of pyridine rings is 1. The predicted molar refractivity (Wildman–Crippen MR) is 129 cm³/mol. The third kappa shape index (κ3) is 2.69. The van der Waals surface area contributed by atoms with Crippen LogP contribution in [0, 0.1) is 5.41 Å². The normalized spacial score (nSPS) is 19.5. The third-order valence-electron chi connectivity index (χ3n) is 7.78. The molecular weight excluding hydrogens is 410 g/mol. The molecule has 4 aromatic heterocycles. The summed E-state index contributed by atoms with van der Waals surface area (Å²) in [6.07, 6.45) is 12.7. The molecule has 2 aliphatic rings. The lowest BCUT2D eigenvalue weighted by Gasteiger charge is -2.42. The average Bonchev–Trinajstić information content (AvgIpc) is 3.57. The Bertz CT molecular complexity index is 1470. The first-order chi connectivity index (χ1) is 16.2. The van der Waals surface area contributed by atoms with Gasteiger partial charge in [-0.2, -0.15) is 4.98 Å². The van der Waals surface area contributed by atoms with Gasteiger partial charge in [0.05, 0.1) is 5.39 Å². The van der Waals surface area contributed by atoms with Crippen LogP contribution in [0.15, 0.2) is 67.4 Å². The number of anilines is 1. The van der Waals surface area contributed by atoms with E-state index in [9.17, 15) is 0 Å². The lowest BCUT2D eigenvalue weighted by molar-refractivity contribution is 0.187. The molecule has 0 unspecified atom stereocenters. The Morgan fingerprint density at radius 2 is 1.85 bits per heavy atom. The van der Waals surface area contributed by atoms with Crippen LogP contribution in [0.5, 0.6) is 0 Å². The summed E-state index contributed by atoms with van der Waals surface area (Å²) < 4.78 is 2.13. The van der Waals surface area contributed by atoms with Crippen molar-refractivity contribution in [1.29, 1.82) is 0 Å². The highest BCUT2D eigenvalue weighted by molar-refractivity contribution is 6.03. The van der Waals surface area contributed by atoms with Crippen molar-refractivity contribution in [2.45, 2.75) is 25.3 Å². The van der Waals surface area contributed by atoms with Crippen molar-refractivity contribution in [3.05, 3.63) is 78.5 Å². The van der Waals surface area contributed by atoms with Crippen LogP contribution >= 0.6 is 0 Å². The lowest BCUT2D eigenvalue weighted by Crippen LogP contribution is -2.45. The molecule has 5 heterocycles. The van der Waals surface area contributed by atoms with E-state index in [-0.39, 0.29) is 11.5 Å². The first kappa shape index (κ1) is 18.8. The highest BCUT2D eigenvalue weighted by Gasteiger charge is 2.46. The number of hydrogen-bond donors (Lipinski definition) is 2. The van der Waals surface area contributed by atoms with E-state index in [1.165, 1.54) is 11.1 Å². The van der Waals surface area contributed by atoms with Crippen molar-refractivity contribution < 1.29 is 0 Å². The van der Waals surface area contributed by atoms with Crippen LogP contribution in [0.3, 0.4) is 0 Å². The summed E-state index contributed by atoms with van der Waals surface area (Å²) in [5.74, 6) is 0.942. The summed E-state index contributed by atoms with van der Waals surface area (Å²) in [6.45, 7) is 1.87. The smallest absolute Gasteiger partial charge is 0.213 e. The van der Waals surface area contributed by atoms with Crippen LogP contribution < -0.4 is 10.6 Å². The van der Waals surface area contributed by atoms with Gasteiger partial charge in [0.2, 0.25) is 5.95 Å². The molecule has 0 bridgehead atoms. The summed E-state index contributed by atoms with van der Waals surface area (Å²) in [4.78, 5) is 19.7. The van der Waals surface area contributed by atoms with Crippen LogP contribution in [0.2, 0.25) is 0 Å². The van der Waals surface area contributed by atoms with Crippen LogP contribution in [-0.2, 0) is 6.42 Å². The Labute approximate surface area is 191 Å². The quantitative estimate of drug-likeness (QED) is 0.436. The molecule has 7 nitrogen and oxygen atoms in total. The Hall–Kier alpha value is -3.71. The van der Waals surface area contributed by atoms with Gasteiger partial charge in [0.1, 0.15) is 5.65 Å². The number of nitrogens with one attached hydrogen (secondary N) is 1. The molecule has 1 saturated heterocycles. The second kappa shape index (κ2) is 6.89. The number of rotatable bonds is 2. The zero-order chi connectivity index (χ0) is 22.0. The van der Waals surface area contributed by atoms with E-state index >= 15 is 0 Å². The van der Waals surface area contributed by atoms with Crippen molar-refractivity contribution in [3.63, 3.8) is 0 Å². The standard InChI is InChI=1S/C26H25N7/c27-22-19-4-2-1-3-18(19)15-26(22)7-12-32(13-8-26)25-31-23-21(24-29-11-14-33(24)25)20(16-30-23)17-5-9-28-10-6-17/h1-6,9-11,14,16,22,30H,7-8,12-13,15,27H2/t22-/m0/s1. The number of aromatic nitrogens is 5. The predicted octanol–water partition coefficient (Wildman–Crippen LogP) is 4.12. The summed E-state index contributed by atoms with van der Waals surface area (Å²) in [5, 5.41) is 1.04. The van der Waals surface area contributed by atoms with Crippen LogP contribution in [-0.4, -0.2) is 37.4 Å². The van der Waals surface area contributed by atoms with E-state index in [1.54, 1.807) is 0 Å². The highest BCUT2D eigenvalue weighted by Crippen LogP contribution is 2.51. The van der Waals surface area contributed by atoms with Crippen molar-refractivity contribution in [1.82, 2.24) is 24.3 Å². The zero-order valence-electron chi connectivity index (χ0n) is 18.3. The fourth-order valence-electron chi connectivity index (χ4n) is 5.97. The molecule has 7 heteroatoms. The van der Waals surface area contributed by atoms with Gasteiger partial charge in [-0.05, 0) is 53.5 Å². The maximum atomic E-state index is 6.79. The molecule has 164 valence electrons. The van der Waals surface area contributed by atoms with Crippen LogP contribution in [0.1, 0.15) is 30.0 Å². The number of imidazole rings is 1. The van der Waals surface area contributed by atoms with Gasteiger partial charge in [0.15, 0.2) is 5.65 Å². The van der Waals surface area contributed by atoms with Crippen molar-refractivity contribution in [2.75, 3.05) is 18.0 Å². The van der Waals surface area contributed by atoms with Crippen LogP contribution in [0.4, 0.5) is 5.95 Å². The molecule has 1 aliphatic heterocycles. The van der Waals surface area contributed by atoms with Crippen molar-refractivity contribution >= 4 is 22.6 Å². The van der Waals surface area contributed by atoms with Crippen molar-refractivity contribution in [2.24, 2.45) is 11.1 Å². The molecule has 0 saturated carbocycles. The van der Waals surface area contributed by atoms with E-state index in [1.807, 2.05) is 43.1 Å². The summed E-state index contributed by atoms with van der Waals surface area (Å²) in [5.41, 5.74) is 13.7. The highest BCUT2D eigenvalue weighted by atomic mass is 15.3. The Balaban J connectivity index is 1.25. The monoisotopic (exact) mass is 435 g/mol. The van der Waals surface area contributed by atoms with Gasteiger partial charge in [-0.1, -0.05) is 24.3 Å². The van der Waals surface area contributed by atoms with Gasteiger partial charge in [0, 0.05) is 55.7 Å². The van der Waals surface area contributed by atoms with Gasteiger partial charge in [0.25, 0.3) is 0 Å². The minimum Gasteiger partial charge on any atom is -0.345 e. The molecule has 7 rings (SSSR count). The minimum absolute atomic E-state index is 0.117. The number of nitrogens with zero attached hydrogens (tertiary/aromatic N) is 5. The van der Waals surface area contributed by atoms with E-state index < -0.39 is 0 Å². The maximum absolute atomic E-state index is 6.79. The van der Waals surface area contributed by atoms with E-state index in [0.29, 0.717) is 0 Å². The topological polar surface area (TPSA) is 88.1 Å². The SMILES string of the molecule is N[C@H]1c2ccccc2CC12CCN(c1nc3[nH]cc(-c4ccncc4)c3c3nccn13)CC2. The minimum atomic E-state index is 0.117. The van der Waals surface area contributed by atoms with Gasteiger partial charge < -0.3 is 15.6 Å². The van der Waals surface area contributed by atoms with E-state index in [0.717, 1.165) is 66.1 Å². The fraction of sp³-hybridized carbons (Fsp3) is 0.269. The number of nitrogens with two attached hydrogens (primary N) is 1. The number of piperidine rings is 1. The van der Waals surface area contributed by atoms with Crippen LogP contribution in [0.25, 0.3) is 27.8 Å². The van der Waals surface area contributed by atoms with Gasteiger partial charge in [-0.25, -0.2) is 4.98 Å².